The number of nitrogens with zero attached hydrogens (tertiary/aromatic N) is 2. The first-order chi connectivity index (χ1) is 6.58. The second kappa shape index (κ2) is 4.91. The Hall–Kier alpha value is -1.16. The molecular formula is C9H12ClN3O. The average molecular weight is 214 g/mol. The van der Waals surface area contributed by atoms with Crippen LogP contribution in [0.2, 0.25) is 5.15 Å². The zero-order valence-corrected chi connectivity index (χ0v) is 8.88. The Morgan fingerprint density at radius 2 is 2.29 bits per heavy atom. The van der Waals surface area contributed by atoms with Gasteiger partial charge in [-0.15, -0.1) is 0 Å². The van der Waals surface area contributed by atoms with Crippen molar-refractivity contribution in [1.82, 2.24) is 15.3 Å². The van der Waals surface area contributed by atoms with Gasteiger partial charge in [0.05, 0.1) is 18.3 Å². The molecule has 1 amide bonds. The second-order valence-electron chi connectivity index (χ2n) is 3.23. The van der Waals surface area contributed by atoms with Gasteiger partial charge in [0.2, 0.25) is 5.91 Å². The summed E-state index contributed by atoms with van der Waals surface area (Å²) in [6.07, 6.45) is 3.18. The fourth-order valence-corrected chi connectivity index (χ4v) is 1.17. The summed E-state index contributed by atoms with van der Waals surface area (Å²) < 4.78 is 0. The van der Waals surface area contributed by atoms with Crippen LogP contribution in [0.25, 0.3) is 0 Å². The summed E-state index contributed by atoms with van der Waals surface area (Å²) in [7, 11) is 0. The molecule has 0 aliphatic rings. The molecular weight excluding hydrogens is 202 g/mol. The van der Waals surface area contributed by atoms with Crippen LogP contribution in [0.5, 0.6) is 0 Å². The maximum Gasteiger partial charge on any atom is 0.226 e. The molecule has 4 nitrogen and oxygen atoms in total. The molecule has 1 aromatic heterocycles. The molecule has 14 heavy (non-hydrogen) atoms. The minimum absolute atomic E-state index is 0.0726. The number of carbonyl (C=O) groups is 1. The van der Waals surface area contributed by atoms with Crippen LogP contribution in [0, 0.1) is 0 Å². The number of aromatic nitrogens is 2. The molecule has 1 rings (SSSR count). The van der Waals surface area contributed by atoms with E-state index in [1.54, 1.807) is 0 Å². The van der Waals surface area contributed by atoms with Crippen LogP contribution in [-0.4, -0.2) is 21.9 Å². The van der Waals surface area contributed by atoms with Gasteiger partial charge in [-0.25, -0.2) is 4.98 Å². The lowest BCUT2D eigenvalue weighted by molar-refractivity contribution is -0.120. The number of hydrogen-bond acceptors (Lipinski definition) is 3. The Morgan fingerprint density at radius 1 is 1.57 bits per heavy atom. The van der Waals surface area contributed by atoms with E-state index in [1.165, 1.54) is 12.4 Å². The van der Waals surface area contributed by atoms with E-state index < -0.39 is 0 Å². The molecule has 5 heteroatoms. The second-order valence-corrected chi connectivity index (χ2v) is 3.62. The van der Waals surface area contributed by atoms with Crippen LogP contribution in [0.4, 0.5) is 0 Å². The van der Waals surface area contributed by atoms with Gasteiger partial charge in [-0.3, -0.25) is 9.78 Å². The van der Waals surface area contributed by atoms with Crippen LogP contribution in [0.15, 0.2) is 12.4 Å². The highest BCUT2D eigenvalue weighted by Crippen LogP contribution is 2.02. The molecule has 1 aromatic rings. The molecule has 0 saturated heterocycles. The monoisotopic (exact) mass is 213 g/mol. The Morgan fingerprint density at radius 3 is 2.86 bits per heavy atom. The molecule has 76 valence electrons. The molecule has 0 saturated carbocycles. The summed E-state index contributed by atoms with van der Waals surface area (Å²) in [5.41, 5.74) is 0.579. The Kier molecular flexibility index (Phi) is 3.83. The molecule has 0 aliphatic heterocycles. The van der Waals surface area contributed by atoms with Gasteiger partial charge in [-0.05, 0) is 13.8 Å². The largest absolute Gasteiger partial charge is 0.354 e. The minimum atomic E-state index is -0.0726. The van der Waals surface area contributed by atoms with Crippen molar-refractivity contribution >= 4 is 17.5 Å². The highest BCUT2D eigenvalue weighted by Gasteiger charge is 2.06. The summed E-state index contributed by atoms with van der Waals surface area (Å²) in [6, 6.07) is 0.134. The van der Waals surface area contributed by atoms with E-state index in [0.717, 1.165) is 0 Å². The van der Waals surface area contributed by atoms with Crippen molar-refractivity contribution in [3.63, 3.8) is 0 Å². The van der Waals surface area contributed by atoms with E-state index in [-0.39, 0.29) is 18.4 Å². The highest BCUT2D eigenvalue weighted by molar-refractivity contribution is 6.29. The van der Waals surface area contributed by atoms with E-state index in [9.17, 15) is 4.79 Å². The Bertz CT molecular complexity index is 328. The van der Waals surface area contributed by atoms with Crippen molar-refractivity contribution in [2.45, 2.75) is 26.3 Å². The fourth-order valence-electron chi connectivity index (χ4n) is 1.00. The van der Waals surface area contributed by atoms with Crippen LogP contribution < -0.4 is 5.32 Å². The summed E-state index contributed by atoms with van der Waals surface area (Å²) in [5.74, 6) is -0.0726. The third-order valence-electron chi connectivity index (χ3n) is 1.45. The number of nitrogens with one attached hydrogen (secondary N) is 1. The summed E-state index contributed by atoms with van der Waals surface area (Å²) >= 11 is 5.63. The first kappa shape index (κ1) is 10.9. The molecule has 0 spiro atoms. The maximum atomic E-state index is 11.3. The van der Waals surface area contributed by atoms with Crippen molar-refractivity contribution in [3.05, 3.63) is 23.2 Å². The summed E-state index contributed by atoms with van der Waals surface area (Å²) in [4.78, 5) is 19.1. The number of hydrogen-bond donors (Lipinski definition) is 1. The number of halogens is 1. The quantitative estimate of drug-likeness (QED) is 0.821. The van der Waals surface area contributed by atoms with Gasteiger partial charge in [0.25, 0.3) is 0 Å². The zero-order valence-electron chi connectivity index (χ0n) is 8.12. The third kappa shape index (κ3) is 3.70. The van der Waals surface area contributed by atoms with Gasteiger partial charge >= 0.3 is 0 Å². The average Bonchev–Trinajstić information content (AvgIpc) is 2.01. The van der Waals surface area contributed by atoms with Crippen molar-refractivity contribution in [3.8, 4) is 0 Å². The lowest BCUT2D eigenvalue weighted by atomic mass is 10.3. The van der Waals surface area contributed by atoms with Gasteiger partial charge in [0, 0.05) is 12.2 Å². The van der Waals surface area contributed by atoms with Crippen molar-refractivity contribution in [1.29, 1.82) is 0 Å². The van der Waals surface area contributed by atoms with Crippen LogP contribution in [0.1, 0.15) is 19.5 Å². The molecule has 0 radical (unpaired) electrons. The van der Waals surface area contributed by atoms with Crippen molar-refractivity contribution in [2.24, 2.45) is 0 Å². The zero-order chi connectivity index (χ0) is 10.6. The Labute approximate surface area is 87.7 Å². The highest BCUT2D eigenvalue weighted by atomic mass is 35.5. The number of carbonyl (C=O) groups excluding carboxylic acids is 1. The molecule has 0 fully saturated rings. The smallest absolute Gasteiger partial charge is 0.226 e. The summed E-state index contributed by atoms with van der Waals surface area (Å²) in [5, 5.41) is 3.07. The molecule has 0 bridgehead atoms. The minimum Gasteiger partial charge on any atom is -0.354 e. The number of amides is 1. The third-order valence-corrected chi connectivity index (χ3v) is 1.63. The van der Waals surface area contributed by atoms with E-state index >= 15 is 0 Å². The predicted octanol–water partition coefficient (Wildman–Crippen LogP) is 1.20. The molecule has 0 aliphatic carbocycles. The van der Waals surface area contributed by atoms with Crippen molar-refractivity contribution in [2.75, 3.05) is 0 Å². The molecule has 0 aromatic carbocycles. The molecule has 0 unspecified atom stereocenters. The van der Waals surface area contributed by atoms with E-state index in [0.29, 0.717) is 10.8 Å². The van der Waals surface area contributed by atoms with E-state index in [2.05, 4.69) is 15.3 Å². The maximum absolute atomic E-state index is 11.3. The van der Waals surface area contributed by atoms with Crippen LogP contribution in [-0.2, 0) is 11.2 Å². The standard InChI is InChI=1S/C9H12ClN3O/c1-6(2)12-9(14)3-7-4-11-5-8(10)13-7/h4-6H,3H2,1-2H3,(H,12,14). The van der Waals surface area contributed by atoms with Gasteiger partial charge in [0.15, 0.2) is 0 Å². The SMILES string of the molecule is CC(C)NC(=O)Cc1cncc(Cl)n1. The molecule has 0 atom stereocenters. The molecule has 1 N–H and O–H groups in total. The lowest BCUT2D eigenvalue weighted by Gasteiger charge is -2.07. The first-order valence-corrected chi connectivity index (χ1v) is 4.71. The van der Waals surface area contributed by atoms with Gasteiger partial charge in [-0.2, -0.15) is 0 Å². The molecule has 1 heterocycles. The van der Waals surface area contributed by atoms with E-state index in [4.69, 9.17) is 11.6 Å². The topological polar surface area (TPSA) is 54.9 Å². The van der Waals surface area contributed by atoms with Crippen LogP contribution >= 0.6 is 11.6 Å². The summed E-state index contributed by atoms with van der Waals surface area (Å²) in [6.45, 7) is 3.81. The normalized spacial score (nSPS) is 10.3. The first-order valence-electron chi connectivity index (χ1n) is 4.33. The lowest BCUT2D eigenvalue weighted by Crippen LogP contribution is -2.31. The van der Waals surface area contributed by atoms with Crippen LogP contribution in [0.3, 0.4) is 0 Å². The van der Waals surface area contributed by atoms with E-state index in [1.807, 2.05) is 13.8 Å². The fraction of sp³-hybridized carbons (Fsp3) is 0.444. The number of rotatable bonds is 3. The van der Waals surface area contributed by atoms with Crippen molar-refractivity contribution < 1.29 is 4.79 Å². The van der Waals surface area contributed by atoms with Gasteiger partial charge in [-0.1, -0.05) is 11.6 Å². The Balaban J connectivity index is 2.56. The van der Waals surface area contributed by atoms with Gasteiger partial charge < -0.3 is 5.32 Å². The van der Waals surface area contributed by atoms with Gasteiger partial charge in [0.1, 0.15) is 5.15 Å². The predicted molar refractivity (Wildman–Crippen MR) is 54.0 cm³/mol.